The highest BCUT2D eigenvalue weighted by Gasteiger charge is 2.06. The van der Waals surface area contributed by atoms with E-state index >= 15 is 0 Å². The second-order valence-corrected chi connectivity index (χ2v) is 4.97. The smallest absolute Gasteiger partial charge is 0.191 e. The van der Waals surface area contributed by atoms with E-state index in [1.165, 1.54) is 13.0 Å². The Morgan fingerprint density at radius 1 is 1.24 bits per heavy atom. The van der Waals surface area contributed by atoms with Gasteiger partial charge in [-0.05, 0) is 46.3 Å². The highest BCUT2D eigenvalue weighted by molar-refractivity contribution is 14.0. The Bertz CT molecular complexity index is 248. The first-order valence-electron chi connectivity index (χ1n) is 7.93. The van der Waals surface area contributed by atoms with Crippen molar-refractivity contribution in [3.05, 3.63) is 0 Å². The van der Waals surface area contributed by atoms with E-state index in [2.05, 4.69) is 48.2 Å². The van der Waals surface area contributed by atoms with Crippen molar-refractivity contribution in [1.29, 1.82) is 0 Å². The molecule has 0 heterocycles. The molecule has 0 saturated carbocycles. The van der Waals surface area contributed by atoms with Gasteiger partial charge in [-0.1, -0.05) is 13.8 Å². The molecule has 0 spiro atoms. The molecule has 0 bridgehead atoms. The predicted octanol–water partition coefficient (Wildman–Crippen LogP) is 2.32. The van der Waals surface area contributed by atoms with E-state index < -0.39 is 0 Å². The van der Waals surface area contributed by atoms with Crippen molar-refractivity contribution < 1.29 is 4.74 Å². The highest BCUT2D eigenvalue weighted by atomic mass is 127. The summed E-state index contributed by atoms with van der Waals surface area (Å²) in [7, 11) is 1.70. The number of nitrogens with one attached hydrogen (secondary N) is 2. The summed E-state index contributed by atoms with van der Waals surface area (Å²) in [4.78, 5) is 6.94. The molecule has 0 aromatic rings. The first-order valence-corrected chi connectivity index (χ1v) is 7.93. The van der Waals surface area contributed by atoms with Gasteiger partial charge in [-0.2, -0.15) is 0 Å². The molecule has 0 aliphatic heterocycles. The number of ether oxygens (including phenoxy) is 1. The second-order valence-electron chi connectivity index (χ2n) is 4.97. The van der Waals surface area contributed by atoms with Crippen molar-refractivity contribution in [2.24, 2.45) is 4.99 Å². The third-order valence-corrected chi connectivity index (χ3v) is 3.30. The predicted molar refractivity (Wildman–Crippen MR) is 103 cm³/mol. The molecule has 0 rings (SSSR count). The molecule has 21 heavy (non-hydrogen) atoms. The van der Waals surface area contributed by atoms with E-state index in [1.54, 1.807) is 7.11 Å². The summed E-state index contributed by atoms with van der Waals surface area (Å²) in [6, 6.07) is 0.436. The molecule has 1 atom stereocenters. The van der Waals surface area contributed by atoms with Gasteiger partial charge in [-0.15, -0.1) is 24.0 Å². The molecule has 0 saturated heterocycles. The van der Waals surface area contributed by atoms with Crippen LogP contribution in [0.4, 0.5) is 0 Å². The van der Waals surface area contributed by atoms with Crippen LogP contribution in [-0.4, -0.2) is 63.3 Å². The van der Waals surface area contributed by atoms with Crippen LogP contribution in [0.15, 0.2) is 4.99 Å². The topological polar surface area (TPSA) is 48.9 Å². The van der Waals surface area contributed by atoms with Crippen molar-refractivity contribution in [3.8, 4) is 0 Å². The van der Waals surface area contributed by atoms with E-state index in [0.29, 0.717) is 19.2 Å². The summed E-state index contributed by atoms with van der Waals surface area (Å²) in [6.07, 6.45) is 2.37. The average Bonchev–Trinajstić information content (AvgIpc) is 2.44. The van der Waals surface area contributed by atoms with Crippen molar-refractivity contribution in [1.82, 2.24) is 15.5 Å². The maximum absolute atomic E-state index is 5.02. The highest BCUT2D eigenvalue weighted by Crippen LogP contribution is 1.99. The average molecular weight is 414 g/mol. The van der Waals surface area contributed by atoms with Gasteiger partial charge in [0.15, 0.2) is 5.96 Å². The molecular weight excluding hydrogens is 379 g/mol. The third-order valence-electron chi connectivity index (χ3n) is 3.30. The molecule has 5 nitrogen and oxygen atoms in total. The van der Waals surface area contributed by atoms with Crippen LogP contribution in [0.2, 0.25) is 0 Å². The number of guanidine groups is 1. The van der Waals surface area contributed by atoms with Crippen LogP contribution >= 0.6 is 24.0 Å². The zero-order valence-electron chi connectivity index (χ0n) is 14.4. The Kier molecular flexibility index (Phi) is 18.0. The number of aliphatic imine (C=N–C) groups is 1. The first-order chi connectivity index (χ1) is 9.67. The van der Waals surface area contributed by atoms with Gasteiger partial charge in [0.25, 0.3) is 0 Å². The summed E-state index contributed by atoms with van der Waals surface area (Å²) >= 11 is 0. The number of methoxy groups -OCH3 is 1. The Balaban J connectivity index is 0. The number of hydrogen-bond acceptors (Lipinski definition) is 3. The maximum atomic E-state index is 5.02. The minimum atomic E-state index is 0. The Morgan fingerprint density at radius 2 is 1.90 bits per heavy atom. The Morgan fingerprint density at radius 3 is 2.43 bits per heavy atom. The molecular formula is C15H35IN4O. The molecule has 0 aromatic heterocycles. The number of rotatable bonds is 11. The fourth-order valence-corrected chi connectivity index (χ4v) is 2.04. The van der Waals surface area contributed by atoms with Crippen LogP contribution in [-0.2, 0) is 4.74 Å². The van der Waals surface area contributed by atoms with Crippen LogP contribution in [0.3, 0.4) is 0 Å². The van der Waals surface area contributed by atoms with Gasteiger partial charge in [0, 0.05) is 19.7 Å². The van der Waals surface area contributed by atoms with Crippen LogP contribution in [0.25, 0.3) is 0 Å². The van der Waals surface area contributed by atoms with Crippen molar-refractivity contribution in [2.75, 3.05) is 46.4 Å². The molecule has 0 amide bonds. The fraction of sp³-hybridized carbons (Fsp3) is 0.933. The molecule has 6 heteroatoms. The van der Waals surface area contributed by atoms with Crippen LogP contribution in [0, 0.1) is 0 Å². The fourth-order valence-electron chi connectivity index (χ4n) is 2.04. The summed E-state index contributed by atoms with van der Waals surface area (Å²) in [5, 5.41) is 6.72. The van der Waals surface area contributed by atoms with E-state index in [1.807, 2.05) is 0 Å². The molecule has 2 N–H and O–H groups in total. The van der Waals surface area contributed by atoms with E-state index in [-0.39, 0.29) is 24.0 Å². The molecule has 128 valence electrons. The third kappa shape index (κ3) is 13.3. The van der Waals surface area contributed by atoms with Gasteiger partial charge in [-0.3, -0.25) is 4.99 Å². The minimum absolute atomic E-state index is 0. The van der Waals surface area contributed by atoms with Gasteiger partial charge < -0.3 is 20.3 Å². The van der Waals surface area contributed by atoms with Gasteiger partial charge in [0.2, 0.25) is 0 Å². The number of halogens is 1. The quantitative estimate of drug-likeness (QED) is 0.236. The van der Waals surface area contributed by atoms with Gasteiger partial charge in [0.05, 0.1) is 13.2 Å². The SMILES string of the molecule is CCNC(=NCCOC)NC(C)CCCN(CC)CC.I. The lowest BCUT2D eigenvalue weighted by Crippen LogP contribution is -2.42. The van der Waals surface area contributed by atoms with Crippen molar-refractivity contribution in [2.45, 2.75) is 46.6 Å². The lowest BCUT2D eigenvalue weighted by molar-refractivity contribution is 0.208. The molecule has 0 aromatic carbocycles. The van der Waals surface area contributed by atoms with Crippen molar-refractivity contribution >= 4 is 29.9 Å². The number of nitrogens with zero attached hydrogens (tertiary/aromatic N) is 2. The van der Waals surface area contributed by atoms with E-state index in [0.717, 1.165) is 32.0 Å². The lowest BCUT2D eigenvalue weighted by Gasteiger charge is -2.21. The molecule has 0 radical (unpaired) electrons. The summed E-state index contributed by atoms with van der Waals surface area (Å²) in [6.45, 7) is 14.4. The van der Waals surface area contributed by atoms with Gasteiger partial charge in [-0.25, -0.2) is 0 Å². The largest absolute Gasteiger partial charge is 0.383 e. The molecule has 0 aliphatic carbocycles. The summed E-state index contributed by atoms with van der Waals surface area (Å²) in [5.41, 5.74) is 0. The van der Waals surface area contributed by atoms with Crippen LogP contribution in [0.5, 0.6) is 0 Å². The van der Waals surface area contributed by atoms with E-state index in [4.69, 9.17) is 4.74 Å². The van der Waals surface area contributed by atoms with Gasteiger partial charge in [0.1, 0.15) is 0 Å². The molecule has 0 aliphatic rings. The Labute approximate surface area is 148 Å². The molecule has 0 fully saturated rings. The number of hydrogen-bond donors (Lipinski definition) is 2. The van der Waals surface area contributed by atoms with Crippen LogP contribution in [0.1, 0.15) is 40.5 Å². The minimum Gasteiger partial charge on any atom is -0.383 e. The first kappa shape index (κ1) is 23.2. The summed E-state index contributed by atoms with van der Waals surface area (Å²) in [5.74, 6) is 0.889. The standard InChI is InChI=1S/C15H34N4O.HI/c1-6-16-15(17-11-13-20-5)18-14(4)10-9-12-19(7-2)8-3;/h14H,6-13H2,1-5H3,(H2,16,17,18);1H. The van der Waals surface area contributed by atoms with Crippen LogP contribution < -0.4 is 10.6 Å². The monoisotopic (exact) mass is 414 g/mol. The molecule has 1 unspecified atom stereocenters. The van der Waals surface area contributed by atoms with Crippen molar-refractivity contribution in [3.63, 3.8) is 0 Å². The lowest BCUT2D eigenvalue weighted by atomic mass is 10.2. The normalized spacial score (nSPS) is 13.0. The zero-order valence-corrected chi connectivity index (χ0v) is 16.8. The van der Waals surface area contributed by atoms with Gasteiger partial charge >= 0.3 is 0 Å². The van der Waals surface area contributed by atoms with E-state index in [9.17, 15) is 0 Å². The Hall–Kier alpha value is -0.0800. The summed E-state index contributed by atoms with van der Waals surface area (Å²) < 4.78 is 5.02. The zero-order chi connectivity index (χ0) is 15.2. The maximum Gasteiger partial charge on any atom is 0.191 e. The second kappa shape index (κ2) is 16.3.